The van der Waals surface area contributed by atoms with Crippen molar-refractivity contribution in [3.63, 3.8) is 0 Å². The molecule has 1 atom stereocenters. The Bertz CT molecular complexity index is 341. The van der Waals surface area contributed by atoms with Crippen LogP contribution in [0.3, 0.4) is 0 Å². The topological polar surface area (TPSA) is 35.2 Å². The van der Waals surface area contributed by atoms with Gasteiger partial charge in [0.2, 0.25) is 0 Å². The number of hydrogen-bond donors (Lipinski definition) is 1. The lowest BCUT2D eigenvalue weighted by atomic mass is 10.0. The van der Waals surface area contributed by atoms with E-state index in [1.165, 1.54) is 6.07 Å². The molecular formula is C14H22FNO. The van der Waals surface area contributed by atoms with E-state index in [4.69, 9.17) is 10.5 Å². The number of hydrogen-bond acceptors (Lipinski definition) is 2. The minimum absolute atomic E-state index is 0.0732. The van der Waals surface area contributed by atoms with Gasteiger partial charge >= 0.3 is 0 Å². The fourth-order valence-electron chi connectivity index (χ4n) is 1.62. The maximum atomic E-state index is 13.1. The quantitative estimate of drug-likeness (QED) is 0.741. The summed E-state index contributed by atoms with van der Waals surface area (Å²) in [5.41, 5.74) is 7.64. The van der Waals surface area contributed by atoms with Gasteiger partial charge in [0, 0.05) is 19.3 Å². The third-order valence-corrected chi connectivity index (χ3v) is 2.83. The molecule has 2 nitrogen and oxygen atoms in total. The number of nitrogens with two attached hydrogens (primary N) is 1. The lowest BCUT2D eigenvalue weighted by molar-refractivity contribution is 0.124. The average Bonchev–Trinajstić information content (AvgIpc) is 2.32. The highest BCUT2D eigenvalue weighted by atomic mass is 19.1. The molecule has 1 aromatic rings. The van der Waals surface area contributed by atoms with Crippen LogP contribution in [0, 0.1) is 12.7 Å². The van der Waals surface area contributed by atoms with Gasteiger partial charge in [-0.05, 0) is 37.0 Å². The van der Waals surface area contributed by atoms with Gasteiger partial charge in [0.1, 0.15) is 5.82 Å². The first-order valence-electron chi connectivity index (χ1n) is 6.24. The van der Waals surface area contributed by atoms with Gasteiger partial charge in [-0.2, -0.15) is 0 Å². The first-order chi connectivity index (χ1) is 8.15. The van der Waals surface area contributed by atoms with Gasteiger partial charge in [-0.3, -0.25) is 0 Å². The highest BCUT2D eigenvalue weighted by Crippen LogP contribution is 2.17. The van der Waals surface area contributed by atoms with Crippen LogP contribution >= 0.6 is 0 Å². The van der Waals surface area contributed by atoms with Crippen molar-refractivity contribution in [3.8, 4) is 0 Å². The average molecular weight is 239 g/mol. The Kier molecular flexibility index (Phi) is 6.16. The lowest BCUT2D eigenvalue weighted by Crippen LogP contribution is -2.13. The standard InChI is InChI=1S/C14H22FNO/c1-3-4-8-17-9-7-14(16)12-5-6-13(15)11(2)10-12/h5-6,10,14H,3-4,7-9,16H2,1-2H3. The molecule has 1 unspecified atom stereocenters. The second-order valence-corrected chi connectivity index (χ2v) is 4.37. The molecule has 17 heavy (non-hydrogen) atoms. The number of rotatable bonds is 7. The summed E-state index contributed by atoms with van der Waals surface area (Å²) in [4.78, 5) is 0. The van der Waals surface area contributed by atoms with Gasteiger partial charge < -0.3 is 10.5 Å². The fraction of sp³-hybridized carbons (Fsp3) is 0.571. The Morgan fingerprint density at radius 3 is 2.76 bits per heavy atom. The normalized spacial score (nSPS) is 12.7. The van der Waals surface area contributed by atoms with Gasteiger partial charge in [-0.15, -0.1) is 0 Å². The molecule has 0 spiro atoms. The number of benzene rings is 1. The molecule has 1 aromatic carbocycles. The third-order valence-electron chi connectivity index (χ3n) is 2.83. The van der Waals surface area contributed by atoms with Crippen LogP contribution in [0.1, 0.15) is 43.4 Å². The van der Waals surface area contributed by atoms with Crippen molar-refractivity contribution in [1.29, 1.82) is 0 Å². The minimum Gasteiger partial charge on any atom is -0.381 e. The molecule has 0 bridgehead atoms. The number of ether oxygens (including phenoxy) is 1. The molecule has 0 amide bonds. The first-order valence-corrected chi connectivity index (χ1v) is 6.24. The predicted octanol–water partition coefficient (Wildman–Crippen LogP) is 3.34. The lowest BCUT2D eigenvalue weighted by Gasteiger charge is -2.13. The van der Waals surface area contributed by atoms with Crippen LogP contribution in [0.15, 0.2) is 18.2 Å². The zero-order valence-electron chi connectivity index (χ0n) is 10.7. The van der Waals surface area contributed by atoms with E-state index >= 15 is 0 Å². The Morgan fingerprint density at radius 2 is 2.12 bits per heavy atom. The van der Waals surface area contributed by atoms with Crippen molar-refractivity contribution in [3.05, 3.63) is 35.1 Å². The number of unbranched alkanes of at least 4 members (excludes halogenated alkanes) is 1. The molecule has 96 valence electrons. The van der Waals surface area contributed by atoms with Crippen LogP contribution in [0.4, 0.5) is 4.39 Å². The van der Waals surface area contributed by atoms with Crippen molar-refractivity contribution in [2.75, 3.05) is 13.2 Å². The smallest absolute Gasteiger partial charge is 0.126 e. The van der Waals surface area contributed by atoms with Crippen molar-refractivity contribution in [2.45, 2.75) is 39.2 Å². The van der Waals surface area contributed by atoms with Crippen LogP contribution in [-0.2, 0) is 4.74 Å². The van der Waals surface area contributed by atoms with E-state index in [9.17, 15) is 4.39 Å². The molecule has 0 saturated carbocycles. The fourth-order valence-corrected chi connectivity index (χ4v) is 1.62. The molecule has 0 aliphatic rings. The van der Waals surface area contributed by atoms with Gasteiger partial charge in [0.05, 0.1) is 0 Å². The van der Waals surface area contributed by atoms with E-state index in [-0.39, 0.29) is 11.9 Å². The first kappa shape index (κ1) is 14.1. The molecular weight excluding hydrogens is 217 g/mol. The zero-order chi connectivity index (χ0) is 12.7. The largest absolute Gasteiger partial charge is 0.381 e. The summed E-state index contributed by atoms with van der Waals surface area (Å²) < 4.78 is 18.6. The second kappa shape index (κ2) is 7.41. The monoisotopic (exact) mass is 239 g/mol. The van der Waals surface area contributed by atoms with Crippen molar-refractivity contribution >= 4 is 0 Å². The summed E-state index contributed by atoms with van der Waals surface area (Å²) in [7, 11) is 0. The molecule has 2 N–H and O–H groups in total. The number of halogens is 1. The molecule has 1 rings (SSSR count). The molecule has 0 heterocycles. The molecule has 0 aromatic heterocycles. The highest BCUT2D eigenvalue weighted by Gasteiger charge is 2.07. The third kappa shape index (κ3) is 4.84. The Labute approximate surface area is 103 Å². The van der Waals surface area contributed by atoms with Crippen molar-refractivity contribution in [1.82, 2.24) is 0 Å². The highest BCUT2D eigenvalue weighted by molar-refractivity contribution is 5.26. The molecule has 0 radical (unpaired) electrons. The number of aryl methyl sites for hydroxylation is 1. The zero-order valence-corrected chi connectivity index (χ0v) is 10.7. The molecule has 0 fully saturated rings. The minimum atomic E-state index is -0.180. The Balaban J connectivity index is 2.36. The van der Waals surface area contributed by atoms with Crippen LogP contribution < -0.4 is 5.73 Å². The van der Waals surface area contributed by atoms with Crippen LogP contribution in [0.2, 0.25) is 0 Å². The van der Waals surface area contributed by atoms with E-state index in [1.54, 1.807) is 13.0 Å². The molecule has 0 aliphatic heterocycles. The summed E-state index contributed by atoms with van der Waals surface area (Å²) in [5, 5.41) is 0. The summed E-state index contributed by atoms with van der Waals surface area (Å²) >= 11 is 0. The van der Waals surface area contributed by atoms with E-state index in [0.717, 1.165) is 31.4 Å². The van der Waals surface area contributed by atoms with E-state index in [2.05, 4.69) is 6.92 Å². The summed E-state index contributed by atoms with van der Waals surface area (Å²) in [6.45, 7) is 5.35. The maximum absolute atomic E-state index is 13.1. The summed E-state index contributed by atoms with van der Waals surface area (Å²) in [5.74, 6) is -0.180. The molecule has 3 heteroatoms. The van der Waals surface area contributed by atoms with Gasteiger partial charge in [0.25, 0.3) is 0 Å². The molecule has 0 saturated heterocycles. The van der Waals surface area contributed by atoms with E-state index in [1.807, 2.05) is 6.07 Å². The SMILES string of the molecule is CCCCOCCC(N)c1ccc(F)c(C)c1. The van der Waals surface area contributed by atoms with Crippen molar-refractivity contribution in [2.24, 2.45) is 5.73 Å². The molecule has 0 aliphatic carbocycles. The van der Waals surface area contributed by atoms with Crippen LogP contribution in [0.25, 0.3) is 0 Å². The summed E-state index contributed by atoms with van der Waals surface area (Å²) in [6, 6.07) is 4.96. The second-order valence-electron chi connectivity index (χ2n) is 4.37. The van der Waals surface area contributed by atoms with E-state index in [0.29, 0.717) is 12.2 Å². The van der Waals surface area contributed by atoms with Crippen LogP contribution in [0.5, 0.6) is 0 Å². The Hall–Kier alpha value is -0.930. The van der Waals surface area contributed by atoms with E-state index < -0.39 is 0 Å². The maximum Gasteiger partial charge on any atom is 0.126 e. The van der Waals surface area contributed by atoms with Gasteiger partial charge in [-0.25, -0.2) is 4.39 Å². The predicted molar refractivity (Wildman–Crippen MR) is 68.4 cm³/mol. The summed E-state index contributed by atoms with van der Waals surface area (Å²) in [6.07, 6.45) is 3.00. The van der Waals surface area contributed by atoms with Gasteiger partial charge in [-0.1, -0.05) is 25.5 Å². The van der Waals surface area contributed by atoms with Gasteiger partial charge in [0.15, 0.2) is 0 Å². The van der Waals surface area contributed by atoms with Crippen LogP contribution in [-0.4, -0.2) is 13.2 Å². The Morgan fingerprint density at radius 1 is 1.35 bits per heavy atom. The van der Waals surface area contributed by atoms with Crippen molar-refractivity contribution < 1.29 is 9.13 Å².